The number of piperidine rings is 1. The van der Waals surface area contributed by atoms with Gasteiger partial charge in [0.05, 0.1) is 16.1 Å². The zero-order valence-electron chi connectivity index (χ0n) is 23.2. The first kappa shape index (κ1) is 26.7. The molecule has 0 radical (unpaired) electrons. The lowest BCUT2D eigenvalue weighted by Gasteiger charge is -2.56. The molecule has 1 aromatic carbocycles. The number of carbonyl (C=O) groups is 3. The number of fused-ring (bicyclic) bond motifs is 2. The maximum absolute atomic E-state index is 14.4. The Labute approximate surface area is 245 Å². The van der Waals surface area contributed by atoms with E-state index in [2.05, 4.69) is 27.5 Å². The van der Waals surface area contributed by atoms with Crippen molar-refractivity contribution in [3.8, 4) is 0 Å². The number of nitrogens with zero attached hydrogens (tertiary/aromatic N) is 3. The van der Waals surface area contributed by atoms with Crippen LogP contribution in [-0.2, 0) is 10.2 Å². The van der Waals surface area contributed by atoms with Gasteiger partial charge in [-0.1, -0.05) is 12.1 Å². The smallest absolute Gasteiger partial charge is 0.407 e. The second-order valence-electron chi connectivity index (χ2n) is 13.6. The van der Waals surface area contributed by atoms with Gasteiger partial charge in [-0.25, -0.2) is 4.79 Å². The molecular weight excluding hydrogens is 572 g/mol. The molecule has 8 nitrogen and oxygen atoms in total. The molecule has 8 rings (SSSR count). The van der Waals surface area contributed by atoms with E-state index in [1.54, 1.807) is 0 Å². The van der Waals surface area contributed by atoms with Crippen molar-refractivity contribution in [3.63, 3.8) is 0 Å². The number of hydrogen-bond acceptors (Lipinski definition) is 4. The molecule has 1 spiro atoms. The van der Waals surface area contributed by atoms with Crippen molar-refractivity contribution >= 4 is 34.1 Å². The number of rotatable bonds is 4. The Bertz CT molecular complexity index is 1160. The Morgan fingerprint density at radius 2 is 1.57 bits per heavy atom. The third-order valence-corrected chi connectivity index (χ3v) is 12.2. The van der Waals surface area contributed by atoms with Gasteiger partial charge in [-0.15, -0.1) is 0 Å². The van der Waals surface area contributed by atoms with Crippen molar-refractivity contribution in [1.82, 2.24) is 19.0 Å². The minimum Gasteiger partial charge on any atom is -0.465 e. The minimum atomic E-state index is -0.920. The Morgan fingerprint density at radius 3 is 2.20 bits per heavy atom. The normalized spacial score (nSPS) is 33.7. The van der Waals surface area contributed by atoms with Crippen LogP contribution in [0.5, 0.6) is 0 Å². The Hall–Kier alpha value is -2.13. The van der Waals surface area contributed by atoms with Gasteiger partial charge in [-0.05, 0) is 117 Å². The fourth-order valence-electron chi connectivity index (χ4n) is 9.91. The maximum atomic E-state index is 14.4. The van der Waals surface area contributed by atoms with Crippen molar-refractivity contribution in [3.05, 3.63) is 34.9 Å². The molecule has 4 bridgehead atoms. The van der Waals surface area contributed by atoms with E-state index in [1.165, 1.54) is 48.1 Å². The molecule has 1 unspecified atom stereocenters. The maximum Gasteiger partial charge on any atom is 0.407 e. The molecular formula is C31H41BrN4O4. The van der Waals surface area contributed by atoms with E-state index in [0.717, 1.165) is 49.8 Å². The number of piperazine rings is 1. The third kappa shape index (κ3) is 4.46. The first-order valence-electron chi connectivity index (χ1n) is 15.4. The van der Waals surface area contributed by atoms with E-state index in [4.69, 9.17) is 0 Å². The van der Waals surface area contributed by atoms with E-state index in [9.17, 15) is 19.5 Å². The number of carbonyl (C=O) groups excluding carboxylic acids is 2. The zero-order valence-corrected chi connectivity index (χ0v) is 24.8. The molecule has 2 aliphatic heterocycles. The predicted octanol–water partition coefficient (Wildman–Crippen LogP) is 4.58. The van der Waals surface area contributed by atoms with Crippen molar-refractivity contribution in [2.45, 2.75) is 75.2 Å². The van der Waals surface area contributed by atoms with Crippen LogP contribution >= 0.6 is 16.1 Å². The second kappa shape index (κ2) is 10.3. The molecule has 1 aromatic rings. The van der Waals surface area contributed by atoms with Crippen LogP contribution in [0, 0.1) is 23.7 Å². The standard InChI is InChI=1S/C31H41BrN4O4/c32-36(28-21-13-19-12-20(15-21)16-22(28)14-19)29(38)25-3-1-2-24-23(18-31(27(24)25)4-6-33-7-5-31)17-26(37)34-8-10-35(11-9-34)30(39)40/h1-3,19-23,28,33H,4-18H2,(H,39,40). The molecule has 0 aromatic heterocycles. The summed E-state index contributed by atoms with van der Waals surface area (Å²) in [6.07, 6.45) is 8.81. The van der Waals surface area contributed by atoms with E-state index < -0.39 is 6.09 Å². The fraction of sp³-hybridized carbons (Fsp3) is 0.710. The zero-order chi connectivity index (χ0) is 27.6. The third-order valence-electron chi connectivity index (χ3n) is 11.5. The van der Waals surface area contributed by atoms with Gasteiger partial charge in [-0.2, -0.15) is 0 Å². The average molecular weight is 614 g/mol. The molecule has 9 heteroatoms. The van der Waals surface area contributed by atoms with Gasteiger partial charge in [0.2, 0.25) is 5.91 Å². The lowest BCUT2D eigenvalue weighted by Crippen LogP contribution is -2.54. The summed E-state index contributed by atoms with van der Waals surface area (Å²) in [6, 6.07) is 6.49. The lowest BCUT2D eigenvalue weighted by molar-refractivity contribution is -0.133. The summed E-state index contributed by atoms with van der Waals surface area (Å²) in [5, 5.41) is 12.8. The highest BCUT2D eigenvalue weighted by Gasteiger charge is 2.52. The fourth-order valence-corrected chi connectivity index (χ4v) is 10.8. The SMILES string of the molecule is O=C(O)N1CCN(C(=O)CC2CC3(CCNCC3)c3c(C(=O)N(Br)C4C5CC6CC(C5)CC4C6)cccc32)CC1. The largest absolute Gasteiger partial charge is 0.465 e. The summed E-state index contributed by atoms with van der Waals surface area (Å²) in [6.45, 7) is 3.47. The van der Waals surface area contributed by atoms with Crippen molar-refractivity contribution in [2.75, 3.05) is 39.3 Å². The summed E-state index contributed by atoms with van der Waals surface area (Å²) in [5.41, 5.74) is 3.12. The predicted molar refractivity (Wildman–Crippen MR) is 154 cm³/mol. The van der Waals surface area contributed by atoms with Crippen molar-refractivity contribution in [1.29, 1.82) is 0 Å². The summed E-state index contributed by atoms with van der Waals surface area (Å²) in [5.74, 6) is 3.21. The summed E-state index contributed by atoms with van der Waals surface area (Å²) >= 11 is 3.84. The van der Waals surface area contributed by atoms with Crippen molar-refractivity contribution < 1.29 is 19.5 Å². The number of nitrogens with one attached hydrogen (secondary N) is 1. The van der Waals surface area contributed by atoms with Gasteiger partial charge < -0.3 is 20.2 Å². The quantitative estimate of drug-likeness (QED) is 0.485. The summed E-state index contributed by atoms with van der Waals surface area (Å²) in [4.78, 5) is 42.3. The molecule has 2 heterocycles. The van der Waals surface area contributed by atoms with Crippen LogP contribution in [0.3, 0.4) is 0 Å². The van der Waals surface area contributed by atoms with Crippen LogP contribution < -0.4 is 5.32 Å². The number of hydrogen-bond donors (Lipinski definition) is 2. The van der Waals surface area contributed by atoms with E-state index in [1.807, 2.05) is 21.0 Å². The Balaban J connectivity index is 1.15. The van der Waals surface area contributed by atoms with E-state index in [0.29, 0.717) is 44.4 Å². The van der Waals surface area contributed by atoms with Crippen molar-refractivity contribution in [2.24, 2.45) is 23.7 Å². The minimum absolute atomic E-state index is 0.0794. The topological polar surface area (TPSA) is 93.2 Å². The van der Waals surface area contributed by atoms with E-state index in [-0.39, 0.29) is 29.2 Å². The monoisotopic (exact) mass is 612 g/mol. The van der Waals surface area contributed by atoms with Crippen LogP contribution in [0.1, 0.15) is 85.2 Å². The Kier molecular flexibility index (Phi) is 6.89. The first-order valence-corrected chi connectivity index (χ1v) is 16.1. The molecule has 40 heavy (non-hydrogen) atoms. The van der Waals surface area contributed by atoms with Crippen LogP contribution in [0.25, 0.3) is 0 Å². The van der Waals surface area contributed by atoms with Gasteiger partial charge in [0.1, 0.15) is 0 Å². The summed E-state index contributed by atoms with van der Waals surface area (Å²) < 4.78 is 1.95. The van der Waals surface area contributed by atoms with Crippen LogP contribution in [0.15, 0.2) is 18.2 Å². The molecule has 7 aliphatic rings. The van der Waals surface area contributed by atoms with Gasteiger partial charge in [0.15, 0.2) is 0 Å². The second-order valence-corrected chi connectivity index (χ2v) is 14.4. The van der Waals surface area contributed by atoms with Gasteiger partial charge in [-0.3, -0.25) is 13.5 Å². The highest BCUT2D eigenvalue weighted by molar-refractivity contribution is 9.07. The van der Waals surface area contributed by atoms with Gasteiger partial charge in [0.25, 0.3) is 5.91 Å². The van der Waals surface area contributed by atoms with Crippen LogP contribution in [0.2, 0.25) is 0 Å². The molecule has 216 valence electrons. The highest BCUT2D eigenvalue weighted by atomic mass is 79.9. The average Bonchev–Trinajstić information content (AvgIpc) is 3.24. The van der Waals surface area contributed by atoms with Crippen LogP contribution in [0.4, 0.5) is 4.79 Å². The number of halogens is 1. The molecule has 3 amide bonds. The van der Waals surface area contributed by atoms with Gasteiger partial charge in [0, 0.05) is 44.2 Å². The molecule has 5 aliphatic carbocycles. The lowest BCUT2D eigenvalue weighted by atomic mass is 9.54. The molecule has 1 atom stereocenters. The first-order chi connectivity index (χ1) is 19.3. The number of amides is 3. The van der Waals surface area contributed by atoms with E-state index >= 15 is 0 Å². The van der Waals surface area contributed by atoms with Gasteiger partial charge >= 0.3 is 6.09 Å². The van der Waals surface area contributed by atoms with Crippen LogP contribution in [-0.4, -0.2) is 82.1 Å². The summed E-state index contributed by atoms with van der Waals surface area (Å²) in [7, 11) is 0. The molecule has 2 N–H and O–H groups in total. The molecule has 6 fully saturated rings. The highest BCUT2D eigenvalue weighted by Crippen LogP contribution is 2.57. The molecule has 2 saturated heterocycles. The number of carboxylic acid groups (broad SMARTS) is 1. The number of benzene rings is 1. The Morgan fingerprint density at radius 1 is 0.950 bits per heavy atom. The molecule has 4 saturated carbocycles.